The Morgan fingerprint density at radius 1 is 1.24 bits per heavy atom. The molecule has 0 aromatic carbocycles. The zero-order valence-electron chi connectivity index (χ0n) is 18.9. The minimum absolute atomic E-state index is 0.0425. The van der Waals surface area contributed by atoms with Gasteiger partial charge in [0.1, 0.15) is 5.60 Å². The fourth-order valence-corrected chi connectivity index (χ4v) is 8.72. The highest BCUT2D eigenvalue weighted by atomic mass is 32.2. The third-order valence-electron chi connectivity index (χ3n) is 6.07. The Morgan fingerprint density at radius 3 is 2.48 bits per heavy atom. The molecular formula is C21H39NO5SSi. The second-order valence-electron chi connectivity index (χ2n) is 10.8. The van der Waals surface area contributed by atoms with Crippen LogP contribution in [0.25, 0.3) is 0 Å². The van der Waals surface area contributed by atoms with Crippen molar-refractivity contribution in [1.29, 1.82) is 0 Å². The molecule has 6 nitrogen and oxygen atoms in total. The molecule has 168 valence electrons. The SMILES string of the molecule is CC(C)(C)OC(=O)N(CC[C@@]12C=CCC[C@@H]1CC[C@@H]2O)S(=O)(=O)CC[Si](C)(C)C. The van der Waals surface area contributed by atoms with Crippen molar-refractivity contribution in [3.63, 3.8) is 0 Å². The van der Waals surface area contributed by atoms with E-state index in [9.17, 15) is 18.3 Å². The monoisotopic (exact) mass is 445 g/mol. The molecule has 2 aliphatic rings. The summed E-state index contributed by atoms with van der Waals surface area (Å²) >= 11 is 0. The van der Waals surface area contributed by atoms with Gasteiger partial charge in [-0.05, 0) is 64.8 Å². The summed E-state index contributed by atoms with van der Waals surface area (Å²) in [6, 6.07) is 0.588. The van der Waals surface area contributed by atoms with Crippen molar-refractivity contribution in [3.8, 4) is 0 Å². The number of rotatable bonds is 7. The summed E-state index contributed by atoms with van der Waals surface area (Å²) in [6.07, 6.45) is 6.95. The molecule has 0 aromatic heterocycles. The Balaban J connectivity index is 2.24. The van der Waals surface area contributed by atoms with E-state index in [2.05, 4.69) is 31.8 Å². The molecule has 0 saturated heterocycles. The molecule has 1 saturated carbocycles. The van der Waals surface area contributed by atoms with Gasteiger partial charge in [0.2, 0.25) is 10.0 Å². The second kappa shape index (κ2) is 8.71. The van der Waals surface area contributed by atoms with Crippen LogP contribution in [0, 0.1) is 11.3 Å². The molecule has 0 bridgehead atoms. The van der Waals surface area contributed by atoms with Gasteiger partial charge < -0.3 is 9.84 Å². The van der Waals surface area contributed by atoms with Crippen molar-refractivity contribution in [2.75, 3.05) is 12.3 Å². The van der Waals surface area contributed by atoms with Crippen LogP contribution in [0.5, 0.6) is 0 Å². The van der Waals surface area contributed by atoms with Gasteiger partial charge in [-0.3, -0.25) is 0 Å². The van der Waals surface area contributed by atoms with Crippen molar-refractivity contribution < 1.29 is 23.1 Å². The molecule has 29 heavy (non-hydrogen) atoms. The van der Waals surface area contributed by atoms with E-state index < -0.39 is 41.3 Å². The minimum Gasteiger partial charge on any atom is -0.443 e. The van der Waals surface area contributed by atoms with Crippen molar-refractivity contribution in [3.05, 3.63) is 12.2 Å². The summed E-state index contributed by atoms with van der Waals surface area (Å²) in [4.78, 5) is 12.8. The lowest BCUT2D eigenvalue weighted by Gasteiger charge is -2.39. The van der Waals surface area contributed by atoms with E-state index in [4.69, 9.17) is 4.74 Å². The van der Waals surface area contributed by atoms with Crippen molar-refractivity contribution in [2.45, 2.75) is 90.3 Å². The van der Waals surface area contributed by atoms with Gasteiger partial charge in [0.05, 0.1) is 11.9 Å². The Hall–Kier alpha value is -0.863. The summed E-state index contributed by atoms with van der Waals surface area (Å²) in [5, 5.41) is 10.7. The highest BCUT2D eigenvalue weighted by Gasteiger charge is 2.49. The van der Waals surface area contributed by atoms with Gasteiger partial charge in [0.15, 0.2) is 0 Å². The molecule has 8 heteroatoms. The zero-order valence-corrected chi connectivity index (χ0v) is 20.7. The van der Waals surface area contributed by atoms with Gasteiger partial charge in [-0.25, -0.2) is 17.5 Å². The lowest BCUT2D eigenvalue weighted by atomic mass is 9.69. The first-order valence-corrected chi connectivity index (χ1v) is 16.1. The lowest BCUT2D eigenvalue weighted by molar-refractivity contribution is 0.0272. The maximum absolute atomic E-state index is 13.1. The van der Waals surface area contributed by atoms with E-state index in [1.807, 2.05) is 0 Å². The van der Waals surface area contributed by atoms with E-state index in [0.717, 1.165) is 30.0 Å². The molecule has 3 atom stereocenters. The summed E-state index contributed by atoms with van der Waals surface area (Å²) in [5.41, 5.74) is -1.21. The number of amides is 1. The minimum atomic E-state index is -3.79. The summed E-state index contributed by atoms with van der Waals surface area (Å²) < 4.78 is 32.6. The molecule has 0 aromatic rings. The smallest absolute Gasteiger partial charge is 0.424 e. The average molecular weight is 446 g/mol. The quantitative estimate of drug-likeness (QED) is 0.464. The fraction of sp³-hybridized carbons (Fsp3) is 0.857. The molecule has 0 radical (unpaired) electrons. The number of fused-ring (bicyclic) bond motifs is 1. The Labute approximate surface area is 177 Å². The van der Waals surface area contributed by atoms with Gasteiger partial charge in [-0.1, -0.05) is 31.8 Å². The first-order chi connectivity index (χ1) is 13.2. The number of allylic oxidation sites excluding steroid dienone is 1. The number of hydrogen-bond donors (Lipinski definition) is 1. The molecule has 1 N–H and O–H groups in total. The van der Waals surface area contributed by atoms with Crippen molar-refractivity contribution >= 4 is 24.2 Å². The van der Waals surface area contributed by atoms with E-state index in [1.54, 1.807) is 20.8 Å². The van der Waals surface area contributed by atoms with Crippen LogP contribution in [0.15, 0.2) is 12.2 Å². The second-order valence-corrected chi connectivity index (χ2v) is 18.4. The largest absolute Gasteiger partial charge is 0.443 e. The summed E-state index contributed by atoms with van der Waals surface area (Å²) in [7, 11) is -5.38. The highest BCUT2D eigenvalue weighted by Crippen LogP contribution is 2.51. The van der Waals surface area contributed by atoms with Gasteiger partial charge in [0, 0.05) is 20.0 Å². The van der Waals surface area contributed by atoms with E-state index in [0.29, 0.717) is 18.4 Å². The Morgan fingerprint density at radius 2 is 1.90 bits per heavy atom. The third kappa shape index (κ3) is 6.31. The van der Waals surface area contributed by atoms with Gasteiger partial charge in [-0.15, -0.1) is 0 Å². The predicted octanol–water partition coefficient (Wildman–Crippen LogP) is 4.39. The van der Waals surface area contributed by atoms with E-state index in [1.165, 1.54) is 0 Å². The molecule has 1 amide bonds. The number of aliphatic hydroxyl groups excluding tert-OH is 1. The summed E-state index contributed by atoms with van der Waals surface area (Å²) in [5.74, 6) is 0.296. The zero-order chi connectivity index (χ0) is 22.1. The maximum Gasteiger partial charge on any atom is 0.424 e. The molecule has 2 aliphatic carbocycles. The van der Waals surface area contributed by atoms with Crippen LogP contribution in [0.3, 0.4) is 0 Å². The molecule has 0 spiro atoms. The number of carbonyl (C=O) groups is 1. The van der Waals surface area contributed by atoms with Crippen molar-refractivity contribution in [1.82, 2.24) is 4.31 Å². The number of hydrogen-bond acceptors (Lipinski definition) is 5. The van der Waals surface area contributed by atoms with Crippen LogP contribution >= 0.6 is 0 Å². The topological polar surface area (TPSA) is 83.9 Å². The van der Waals surface area contributed by atoms with Crippen LogP contribution in [0.4, 0.5) is 4.79 Å². The van der Waals surface area contributed by atoms with Crippen LogP contribution in [-0.2, 0) is 14.8 Å². The maximum atomic E-state index is 13.1. The highest BCUT2D eigenvalue weighted by molar-refractivity contribution is 7.89. The van der Waals surface area contributed by atoms with Gasteiger partial charge >= 0.3 is 6.09 Å². The predicted molar refractivity (Wildman–Crippen MR) is 119 cm³/mol. The normalized spacial score (nSPS) is 27.6. The first-order valence-electron chi connectivity index (χ1n) is 10.8. The Bertz CT molecular complexity index is 722. The van der Waals surface area contributed by atoms with E-state index in [-0.39, 0.29) is 12.3 Å². The van der Waals surface area contributed by atoms with Crippen LogP contribution in [-0.4, -0.2) is 56.0 Å². The molecule has 0 unspecified atom stereocenters. The fourth-order valence-electron chi connectivity index (χ4n) is 4.38. The molecule has 0 aliphatic heterocycles. The first kappa shape index (κ1) is 24.4. The average Bonchev–Trinajstić information content (AvgIpc) is 2.88. The van der Waals surface area contributed by atoms with Crippen LogP contribution in [0.1, 0.15) is 52.9 Å². The standard InChI is InChI=1S/C21H39NO5SSi/c1-20(2,3)27-19(24)22(28(25,26)15-16-29(4,5)6)14-13-21-12-8-7-9-17(21)10-11-18(21)23/h8,12,17-18,23H,7,9-11,13-16H2,1-6H3/t17-,18+,21+/m1/s1. The van der Waals surface area contributed by atoms with Crippen LogP contribution in [0.2, 0.25) is 25.7 Å². The number of ether oxygens (including phenoxy) is 1. The Kier molecular flexibility index (Phi) is 7.33. The summed E-state index contributed by atoms with van der Waals surface area (Å²) in [6.45, 7) is 11.6. The number of nitrogens with zero attached hydrogens (tertiary/aromatic N) is 1. The number of sulfonamides is 1. The van der Waals surface area contributed by atoms with Gasteiger partial charge in [-0.2, -0.15) is 0 Å². The lowest BCUT2D eigenvalue weighted by Crippen LogP contribution is -2.46. The molecular weight excluding hydrogens is 406 g/mol. The molecule has 2 rings (SSSR count). The third-order valence-corrected chi connectivity index (χ3v) is 9.91. The van der Waals surface area contributed by atoms with Crippen LogP contribution < -0.4 is 0 Å². The van der Waals surface area contributed by atoms with Gasteiger partial charge in [0.25, 0.3) is 0 Å². The molecule has 0 heterocycles. The molecule has 1 fully saturated rings. The number of aliphatic hydroxyl groups is 1. The van der Waals surface area contributed by atoms with E-state index >= 15 is 0 Å². The van der Waals surface area contributed by atoms with Crippen molar-refractivity contribution in [2.24, 2.45) is 11.3 Å². The number of carbonyl (C=O) groups excluding carboxylic acids is 1.